The van der Waals surface area contributed by atoms with Crippen molar-refractivity contribution in [2.24, 2.45) is 0 Å². The van der Waals surface area contributed by atoms with Crippen molar-refractivity contribution in [2.75, 3.05) is 0 Å². The van der Waals surface area contributed by atoms with Gasteiger partial charge in [-0.2, -0.15) is 0 Å². The number of carboxylic acid groups (broad SMARTS) is 1. The van der Waals surface area contributed by atoms with Crippen LogP contribution < -0.4 is 9.46 Å². The van der Waals surface area contributed by atoms with Gasteiger partial charge in [0.25, 0.3) is 0 Å². The number of aliphatic hydroxyl groups is 1. The van der Waals surface area contributed by atoms with Gasteiger partial charge in [0.05, 0.1) is 16.5 Å². The summed E-state index contributed by atoms with van der Waals surface area (Å²) in [6.07, 6.45) is -0.444. The molecule has 1 aliphatic rings. The number of nitrogens with one attached hydrogen (secondary N) is 1. The van der Waals surface area contributed by atoms with E-state index in [0.29, 0.717) is 5.75 Å². The molecule has 1 heterocycles. The van der Waals surface area contributed by atoms with Gasteiger partial charge in [0.2, 0.25) is 10.0 Å². The summed E-state index contributed by atoms with van der Waals surface area (Å²) in [7, 11) is -3.96. The molecule has 150 valence electrons. The molecule has 28 heavy (non-hydrogen) atoms. The Morgan fingerprint density at radius 1 is 1.18 bits per heavy atom. The number of fused-ring (bicyclic) bond motifs is 1. The lowest BCUT2D eigenvalue weighted by Gasteiger charge is -2.42. The van der Waals surface area contributed by atoms with Gasteiger partial charge in [-0.1, -0.05) is 19.1 Å². The van der Waals surface area contributed by atoms with Gasteiger partial charge >= 0.3 is 5.97 Å². The molecule has 8 heteroatoms. The Labute approximate surface area is 164 Å². The average Bonchev–Trinajstić information content (AvgIpc) is 2.65. The van der Waals surface area contributed by atoms with E-state index in [1.807, 2.05) is 6.92 Å². The summed E-state index contributed by atoms with van der Waals surface area (Å²) in [5.41, 5.74) is 0.186. The fourth-order valence-corrected chi connectivity index (χ4v) is 4.42. The van der Waals surface area contributed by atoms with Crippen LogP contribution >= 0.6 is 0 Å². The van der Waals surface area contributed by atoms with Crippen LogP contribution in [0.1, 0.15) is 48.3 Å². The van der Waals surface area contributed by atoms with Crippen LogP contribution in [0, 0.1) is 0 Å². The lowest BCUT2D eigenvalue weighted by Crippen LogP contribution is -2.53. The van der Waals surface area contributed by atoms with Crippen LogP contribution in [0.4, 0.5) is 0 Å². The first-order valence-electron chi connectivity index (χ1n) is 8.91. The number of aryl methyl sites for hydroxylation is 1. The highest BCUT2D eigenvalue weighted by molar-refractivity contribution is 7.89. The highest BCUT2D eigenvalue weighted by Crippen LogP contribution is 2.41. The smallest absolute Gasteiger partial charge is 0.335 e. The molecule has 0 spiro atoms. The molecule has 7 nitrogen and oxygen atoms in total. The van der Waals surface area contributed by atoms with E-state index in [1.54, 1.807) is 26.0 Å². The van der Waals surface area contributed by atoms with E-state index in [-0.39, 0.29) is 16.0 Å². The maximum Gasteiger partial charge on any atom is 0.335 e. The topological polar surface area (TPSA) is 113 Å². The number of sulfonamides is 1. The number of aliphatic hydroxyl groups excluding tert-OH is 1. The van der Waals surface area contributed by atoms with Crippen LogP contribution in [0.2, 0.25) is 0 Å². The fourth-order valence-electron chi connectivity index (χ4n) is 3.20. The molecule has 2 aromatic carbocycles. The number of carboxylic acids is 1. The quantitative estimate of drug-likeness (QED) is 0.704. The third kappa shape index (κ3) is 3.76. The number of ether oxygens (including phenoxy) is 1. The summed E-state index contributed by atoms with van der Waals surface area (Å²) in [6.45, 7) is 5.26. The van der Waals surface area contributed by atoms with E-state index in [9.17, 15) is 23.4 Å². The van der Waals surface area contributed by atoms with Gasteiger partial charge < -0.3 is 14.9 Å². The van der Waals surface area contributed by atoms with Gasteiger partial charge in [0.15, 0.2) is 0 Å². The van der Waals surface area contributed by atoms with E-state index in [1.165, 1.54) is 30.3 Å². The molecule has 0 saturated heterocycles. The van der Waals surface area contributed by atoms with Crippen LogP contribution in [0.25, 0.3) is 0 Å². The molecule has 2 aromatic rings. The van der Waals surface area contributed by atoms with Gasteiger partial charge in [-0.3, -0.25) is 0 Å². The summed E-state index contributed by atoms with van der Waals surface area (Å²) in [6, 6.07) is 9.59. The zero-order chi connectivity index (χ0) is 20.7. The van der Waals surface area contributed by atoms with Crippen LogP contribution in [-0.2, 0) is 16.4 Å². The minimum absolute atomic E-state index is 0.0225. The number of rotatable bonds is 5. The Kier molecular flexibility index (Phi) is 5.22. The molecule has 0 fully saturated rings. The van der Waals surface area contributed by atoms with Crippen LogP contribution in [0.15, 0.2) is 47.4 Å². The monoisotopic (exact) mass is 405 g/mol. The Bertz CT molecular complexity index is 998. The molecule has 3 rings (SSSR count). The first-order valence-corrected chi connectivity index (χ1v) is 10.4. The van der Waals surface area contributed by atoms with Crippen molar-refractivity contribution in [1.82, 2.24) is 4.72 Å². The van der Waals surface area contributed by atoms with Gasteiger partial charge in [-0.15, -0.1) is 0 Å². The van der Waals surface area contributed by atoms with Gasteiger partial charge in [-0.25, -0.2) is 17.9 Å². The first kappa shape index (κ1) is 20.3. The third-order valence-corrected chi connectivity index (χ3v) is 6.37. The van der Waals surface area contributed by atoms with E-state index in [4.69, 9.17) is 4.74 Å². The molecule has 0 aromatic heterocycles. The van der Waals surface area contributed by atoms with Crippen molar-refractivity contribution in [1.29, 1.82) is 0 Å². The van der Waals surface area contributed by atoms with Crippen molar-refractivity contribution >= 4 is 16.0 Å². The first-order chi connectivity index (χ1) is 13.0. The minimum atomic E-state index is -3.96. The van der Waals surface area contributed by atoms with Crippen molar-refractivity contribution < 1.29 is 28.2 Å². The standard InChI is InChI=1S/C20H23NO6S/c1-4-12-5-8-14(9-6-12)28(25,26)21-17-15-11-13(19(23)24)7-10-16(15)27-20(2,3)18(17)22/h5-11,17-18,21-22H,4H2,1-3H3,(H,23,24)/t17-,18+/m1/s1. The minimum Gasteiger partial charge on any atom is -0.485 e. The number of aromatic carboxylic acids is 1. The number of hydrogen-bond donors (Lipinski definition) is 3. The number of carbonyl (C=O) groups is 1. The lowest BCUT2D eigenvalue weighted by molar-refractivity contribution is -0.0603. The Morgan fingerprint density at radius 2 is 1.82 bits per heavy atom. The van der Waals surface area contributed by atoms with E-state index in [0.717, 1.165) is 12.0 Å². The number of hydrogen-bond acceptors (Lipinski definition) is 5. The Hall–Kier alpha value is -2.42. The van der Waals surface area contributed by atoms with Crippen molar-refractivity contribution in [2.45, 2.75) is 49.8 Å². The molecule has 0 radical (unpaired) electrons. The molecule has 1 aliphatic heterocycles. The number of benzene rings is 2. The Morgan fingerprint density at radius 3 is 2.39 bits per heavy atom. The van der Waals surface area contributed by atoms with Crippen molar-refractivity contribution in [3.05, 3.63) is 59.2 Å². The summed E-state index contributed by atoms with van der Waals surface area (Å²) in [5, 5.41) is 20.0. The zero-order valence-electron chi connectivity index (χ0n) is 15.8. The summed E-state index contributed by atoms with van der Waals surface area (Å²) >= 11 is 0. The highest BCUT2D eigenvalue weighted by Gasteiger charge is 2.44. The second kappa shape index (κ2) is 7.20. The van der Waals surface area contributed by atoms with Crippen molar-refractivity contribution in [3.63, 3.8) is 0 Å². The van der Waals surface area contributed by atoms with Crippen molar-refractivity contribution in [3.8, 4) is 5.75 Å². The van der Waals surface area contributed by atoms with Gasteiger partial charge in [-0.05, 0) is 56.2 Å². The molecule has 2 atom stereocenters. The zero-order valence-corrected chi connectivity index (χ0v) is 16.7. The fraction of sp³-hybridized carbons (Fsp3) is 0.350. The summed E-state index contributed by atoms with van der Waals surface area (Å²) < 4.78 is 34.1. The molecule has 0 amide bonds. The lowest BCUT2D eigenvalue weighted by atomic mass is 9.86. The molecule has 0 bridgehead atoms. The maximum atomic E-state index is 12.9. The van der Waals surface area contributed by atoms with Crippen LogP contribution in [0.5, 0.6) is 5.75 Å². The molecule has 0 unspecified atom stereocenters. The molecule has 0 saturated carbocycles. The average molecular weight is 405 g/mol. The van der Waals surface area contributed by atoms with Crippen LogP contribution in [0.3, 0.4) is 0 Å². The normalized spacial score (nSPS) is 20.9. The second-order valence-corrected chi connectivity index (χ2v) is 9.02. The largest absolute Gasteiger partial charge is 0.485 e. The highest BCUT2D eigenvalue weighted by atomic mass is 32.2. The molecular formula is C20H23NO6S. The van der Waals surface area contributed by atoms with Crippen LogP contribution in [-0.4, -0.2) is 36.3 Å². The predicted octanol–water partition coefficient (Wildman–Crippen LogP) is 2.50. The molecular weight excluding hydrogens is 382 g/mol. The van der Waals surface area contributed by atoms with Gasteiger partial charge in [0.1, 0.15) is 17.5 Å². The van der Waals surface area contributed by atoms with E-state index in [2.05, 4.69) is 4.72 Å². The summed E-state index contributed by atoms with van der Waals surface area (Å²) in [5.74, 6) is -0.826. The Balaban J connectivity index is 2.04. The molecule has 3 N–H and O–H groups in total. The maximum absolute atomic E-state index is 12.9. The van der Waals surface area contributed by atoms with E-state index < -0.39 is 33.7 Å². The third-order valence-electron chi connectivity index (χ3n) is 4.92. The van der Waals surface area contributed by atoms with Gasteiger partial charge in [0, 0.05) is 5.56 Å². The van der Waals surface area contributed by atoms with E-state index >= 15 is 0 Å². The predicted molar refractivity (Wildman–Crippen MR) is 103 cm³/mol. The molecule has 0 aliphatic carbocycles. The summed E-state index contributed by atoms with van der Waals surface area (Å²) in [4.78, 5) is 11.4. The SMILES string of the molecule is CCc1ccc(S(=O)(=O)N[C@@H]2c3cc(C(=O)O)ccc3OC(C)(C)[C@H]2O)cc1. The second-order valence-electron chi connectivity index (χ2n) is 7.30.